The average Bonchev–Trinajstić information content (AvgIpc) is 3.17. The van der Waals surface area contributed by atoms with Crippen molar-refractivity contribution < 1.29 is 17.9 Å². The third-order valence-corrected chi connectivity index (χ3v) is 6.42. The van der Waals surface area contributed by atoms with Crippen LogP contribution in [0.5, 0.6) is 5.75 Å². The third-order valence-electron chi connectivity index (χ3n) is 4.25. The third kappa shape index (κ3) is 5.33. The van der Waals surface area contributed by atoms with Crippen molar-refractivity contribution in [2.45, 2.75) is 31.8 Å². The van der Waals surface area contributed by atoms with Crippen molar-refractivity contribution in [3.63, 3.8) is 0 Å². The zero-order valence-corrected chi connectivity index (χ0v) is 17.8. The van der Waals surface area contributed by atoms with Gasteiger partial charge in [-0.25, -0.2) is 13.4 Å². The highest BCUT2D eigenvalue weighted by atomic mass is 32.2. The number of hydrogen-bond donors (Lipinski definition) is 2. The number of ether oxygens (including phenoxy) is 1. The Morgan fingerprint density at radius 3 is 2.45 bits per heavy atom. The molecule has 0 spiro atoms. The Hall–Kier alpha value is -2.91. The van der Waals surface area contributed by atoms with E-state index in [1.807, 2.05) is 32.0 Å². The van der Waals surface area contributed by atoms with Crippen LogP contribution < -0.4 is 14.8 Å². The lowest BCUT2D eigenvalue weighted by molar-refractivity contribution is -0.122. The minimum Gasteiger partial charge on any atom is -0.481 e. The Labute approximate surface area is 173 Å². The van der Waals surface area contributed by atoms with Crippen LogP contribution in [-0.2, 0) is 14.8 Å². The first kappa shape index (κ1) is 20.8. The number of aryl methyl sites for hydroxylation is 2. The molecule has 0 radical (unpaired) electrons. The van der Waals surface area contributed by atoms with Crippen LogP contribution in [0.3, 0.4) is 0 Å². The van der Waals surface area contributed by atoms with Gasteiger partial charge in [-0.1, -0.05) is 6.07 Å². The largest absolute Gasteiger partial charge is 0.481 e. The summed E-state index contributed by atoms with van der Waals surface area (Å²) in [6, 6.07) is 11.5. The predicted octanol–water partition coefficient (Wildman–Crippen LogP) is 3.97. The van der Waals surface area contributed by atoms with E-state index in [4.69, 9.17) is 4.74 Å². The van der Waals surface area contributed by atoms with Crippen molar-refractivity contribution in [2.75, 3.05) is 10.0 Å². The van der Waals surface area contributed by atoms with E-state index >= 15 is 0 Å². The number of rotatable bonds is 7. The van der Waals surface area contributed by atoms with Gasteiger partial charge in [0.2, 0.25) is 0 Å². The first-order valence-electron chi connectivity index (χ1n) is 8.82. The number of sulfonamides is 1. The molecule has 2 aromatic carbocycles. The Kier molecular flexibility index (Phi) is 6.19. The van der Waals surface area contributed by atoms with Crippen LogP contribution in [-0.4, -0.2) is 25.4 Å². The van der Waals surface area contributed by atoms with Gasteiger partial charge in [-0.05, 0) is 68.3 Å². The molecule has 1 heterocycles. The number of amides is 1. The van der Waals surface area contributed by atoms with Crippen molar-refractivity contribution >= 4 is 38.1 Å². The maximum absolute atomic E-state index is 12.4. The number of carbonyl (C=O) groups excluding carboxylic acids is 1. The standard InChI is InChI=1S/C20H21N3O4S2/c1-13-4-7-17(12-14(13)2)27-15(3)19(24)22-16-5-8-18(9-6-16)29(25,26)23-20-21-10-11-28-20/h4-12,15H,1-3H3,(H,21,23)(H,22,24). The molecule has 7 nitrogen and oxygen atoms in total. The molecule has 0 bridgehead atoms. The zero-order valence-electron chi connectivity index (χ0n) is 16.2. The number of carbonyl (C=O) groups is 1. The van der Waals surface area contributed by atoms with Gasteiger partial charge >= 0.3 is 0 Å². The number of nitrogens with one attached hydrogen (secondary N) is 2. The minimum absolute atomic E-state index is 0.0742. The average molecular weight is 432 g/mol. The molecular weight excluding hydrogens is 410 g/mol. The molecule has 0 saturated carbocycles. The Bertz CT molecular complexity index is 1100. The summed E-state index contributed by atoms with van der Waals surface area (Å²) >= 11 is 1.19. The van der Waals surface area contributed by atoms with E-state index < -0.39 is 16.1 Å². The second-order valence-corrected chi connectivity index (χ2v) is 9.04. The van der Waals surface area contributed by atoms with Crippen molar-refractivity contribution in [1.82, 2.24) is 4.98 Å². The van der Waals surface area contributed by atoms with Crippen LogP contribution in [0.4, 0.5) is 10.8 Å². The second kappa shape index (κ2) is 8.62. The molecule has 0 aliphatic heterocycles. The molecule has 1 unspecified atom stereocenters. The molecule has 2 N–H and O–H groups in total. The van der Waals surface area contributed by atoms with Gasteiger partial charge in [-0.2, -0.15) is 0 Å². The fraction of sp³-hybridized carbons (Fsp3) is 0.200. The highest BCUT2D eigenvalue weighted by Gasteiger charge is 2.18. The molecule has 1 atom stereocenters. The molecule has 0 aliphatic rings. The lowest BCUT2D eigenvalue weighted by Crippen LogP contribution is -2.30. The lowest BCUT2D eigenvalue weighted by atomic mass is 10.1. The molecule has 0 fully saturated rings. The summed E-state index contributed by atoms with van der Waals surface area (Å²) in [6.45, 7) is 5.64. The van der Waals surface area contributed by atoms with Gasteiger partial charge in [-0.15, -0.1) is 11.3 Å². The molecule has 152 valence electrons. The summed E-state index contributed by atoms with van der Waals surface area (Å²) in [7, 11) is -3.73. The number of nitrogens with zero attached hydrogens (tertiary/aromatic N) is 1. The summed E-state index contributed by atoms with van der Waals surface area (Å²) in [5.41, 5.74) is 2.70. The summed E-state index contributed by atoms with van der Waals surface area (Å²) in [6.07, 6.45) is 0.801. The number of benzene rings is 2. The fourth-order valence-electron chi connectivity index (χ4n) is 2.45. The molecule has 1 amide bonds. The lowest BCUT2D eigenvalue weighted by Gasteiger charge is -2.16. The summed E-state index contributed by atoms with van der Waals surface area (Å²) < 4.78 is 32.8. The molecule has 0 aliphatic carbocycles. The quantitative estimate of drug-likeness (QED) is 0.590. The molecule has 29 heavy (non-hydrogen) atoms. The fourth-order valence-corrected chi connectivity index (χ4v) is 4.24. The number of anilines is 2. The molecule has 0 saturated heterocycles. The van der Waals surface area contributed by atoms with E-state index in [9.17, 15) is 13.2 Å². The van der Waals surface area contributed by atoms with Crippen LogP contribution in [0.15, 0.2) is 58.9 Å². The van der Waals surface area contributed by atoms with Gasteiger partial charge in [-0.3, -0.25) is 9.52 Å². The molecule has 3 aromatic rings. The van der Waals surface area contributed by atoms with Gasteiger partial charge in [0.25, 0.3) is 15.9 Å². The van der Waals surface area contributed by atoms with Gasteiger partial charge in [0.05, 0.1) is 4.90 Å². The van der Waals surface area contributed by atoms with Gasteiger partial charge < -0.3 is 10.1 Å². The van der Waals surface area contributed by atoms with Gasteiger partial charge in [0.15, 0.2) is 11.2 Å². The number of hydrogen-bond acceptors (Lipinski definition) is 6. The van der Waals surface area contributed by atoms with Crippen molar-refractivity contribution in [1.29, 1.82) is 0 Å². The Morgan fingerprint density at radius 1 is 1.10 bits per heavy atom. The Morgan fingerprint density at radius 2 is 1.83 bits per heavy atom. The van der Waals surface area contributed by atoms with E-state index in [0.29, 0.717) is 16.6 Å². The second-order valence-electron chi connectivity index (χ2n) is 6.46. The smallest absolute Gasteiger partial charge is 0.265 e. The first-order chi connectivity index (χ1) is 13.7. The van der Waals surface area contributed by atoms with E-state index in [-0.39, 0.29) is 10.8 Å². The van der Waals surface area contributed by atoms with Crippen LogP contribution in [0.25, 0.3) is 0 Å². The SMILES string of the molecule is Cc1ccc(OC(C)C(=O)Nc2ccc(S(=O)(=O)Nc3nccs3)cc2)cc1C. The highest BCUT2D eigenvalue weighted by Crippen LogP contribution is 2.21. The number of thiazole rings is 1. The van der Waals surface area contributed by atoms with E-state index in [1.165, 1.54) is 41.8 Å². The summed E-state index contributed by atoms with van der Waals surface area (Å²) in [4.78, 5) is 16.4. The Balaban J connectivity index is 1.62. The number of aromatic nitrogens is 1. The van der Waals surface area contributed by atoms with Crippen LogP contribution in [0.1, 0.15) is 18.1 Å². The van der Waals surface area contributed by atoms with E-state index in [1.54, 1.807) is 12.3 Å². The highest BCUT2D eigenvalue weighted by molar-refractivity contribution is 7.93. The summed E-state index contributed by atoms with van der Waals surface area (Å²) in [5, 5.41) is 4.69. The molecule has 9 heteroatoms. The molecular formula is C20H21N3O4S2. The normalized spacial score (nSPS) is 12.2. The van der Waals surface area contributed by atoms with Gasteiger partial charge in [0, 0.05) is 17.3 Å². The molecule has 3 rings (SSSR count). The maximum atomic E-state index is 12.4. The predicted molar refractivity (Wildman–Crippen MR) is 114 cm³/mol. The van der Waals surface area contributed by atoms with Crippen LogP contribution in [0.2, 0.25) is 0 Å². The minimum atomic E-state index is -3.73. The van der Waals surface area contributed by atoms with Crippen LogP contribution in [0, 0.1) is 13.8 Å². The monoisotopic (exact) mass is 431 g/mol. The molecule has 1 aromatic heterocycles. The van der Waals surface area contributed by atoms with Crippen molar-refractivity contribution in [2.24, 2.45) is 0 Å². The summed E-state index contributed by atoms with van der Waals surface area (Å²) in [5.74, 6) is 0.283. The van der Waals surface area contributed by atoms with Crippen molar-refractivity contribution in [3.05, 3.63) is 65.2 Å². The zero-order chi connectivity index (χ0) is 21.0. The maximum Gasteiger partial charge on any atom is 0.265 e. The van der Waals surface area contributed by atoms with Crippen LogP contribution >= 0.6 is 11.3 Å². The topological polar surface area (TPSA) is 97.4 Å². The first-order valence-corrected chi connectivity index (χ1v) is 11.2. The van der Waals surface area contributed by atoms with Gasteiger partial charge in [0.1, 0.15) is 5.75 Å². The van der Waals surface area contributed by atoms with Crippen molar-refractivity contribution in [3.8, 4) is 5.75 Å². The van der Waals surface area contributed by atoms with E-state index in [2.05, 4.69) is 15.0 Å². The van der Waals surface area contributed by atoms with E-state index in [0.717, 1.165) is 11.1 Å².